The predicted molar refractivity (Wildman–Crippen MR) is 116 cm³/mol. The number of anilines is 1. The molecule has 1 heterocycles. The Morgan fingerprint density at radius 3 is 2.66 bits per heavy atom. The lowest BCUT2D eigenvalue weighted by Crippen LogP contribution is -2.15. The number of halogens is 2. The van der Waals surface area contributed by atoms with Crippen molar-refractivity contribution in [2.75, 3.05) is 11.1 Å². The lowest BCUT2D eigenvalue weighted by Gasteiger charge is -2.09. The second kappa shape index (κ2) is 9.38. The zero-order chi connectivity index (χ0) is 21.0. The van der Waals surface area contributed by atoms with Gasteiger partial charge in [0.05, 0.1) is 21.4 Å². The van der Waals surface area contributed by atoms with Crippen molar-refractivity contribution < 1.29 is 9.72 Å². The van der Waals surface area contributed by atoms with E-state index < -0.39 is 4.92 Å². The molecule has 2 aromatic carbocycles. The van der Waals surface area contributed by atoms with Crippen LogP contribution >= 0.6 is 39.3 Å². The molecule has 1 N–H and O–H groups in total. The number of carbonyl (C=O) groups excluding carboxylic acids is 1. The average Bonchev–Trinajstić information content (AvgIpc) is 3.11. The number of benzene rings is 2. The summed E-state index contributed by atoms with van der Waals surface area (Å²) in [5, 5.41) is 22.8. The molecule has 3 rings (SSSR count). The predicted octanol–water partition coefficient (Wildman–Crippen LogP) is 5.02. The molecule has 11 heteroatoms. The molecule has 0 saturated carbocycles. The minimum absolute atomic E-state index is 0.0531. The number of hydrogen-bond donors (Lipinski definition) is 1. The summed E-state index contributed by atoms with van der Waals surface area (Å²) in [6.07, 6.45) is 0. The molecule has 0 unspecified atom stereocenters. The number of carbonyl (C=O) groups is 1. The summed E-state index contributed by atoms with van der Waals surface area (Å²) in [6.45, 7) is 2.61. The lowest BCUT2D eigenvalue weighted by atomic mass is 10.2. The molecule has 1 amide bonds. The van der Waals surface area contributed by atoms with Gasteiger partial charge in [-0.2, -0.15) is 0 Å². The molecular weight excluding hydrogens is 482 g/mol. The van der Waals surface area contributed by atoms with Crippen LogP contribution in [0, 0.1) is 10.1 Å². The molecule has 0 aliphatic carbocycles. The highest BCUT2D eigenvalue weighted by Crippen LogP contribution is 2.28. The zero-order valence-electron chi connectivity index (χ0n) is 15.1. The van der Waals surface area contributed by atoms with E-state index >= 15 is 0 Å². The summed E-state index contributed by atoms with van der Waals surface area (Å²) >= 11 is 10.6. The fourth-order valence-electron chi connectivity index (χ4n) is 2.53. The van der Waals surface area contributed by atoms with Crippen LogP contribution in [0.2, 0.25) is 5.02 Å². The van der Waals surface area contributed by atoms with E-state index in [2.05, 4.69) is 31.4 Å². The molecule has 0 saturated heterocycles. The van der Waals surface area contributed by atoms with Crippen molar-refractivity contribution in [1.82, 2.24) is 14.8 Å². The summed E-state index contributed by atoms with van der Waals surface area (Å²) in [4.78, 5) is 22.7. The van der Waals surface area contributed by atoms with Crippen molar-refractivity contribution in [3.8, 4) is 11.4 Å². The van der Waals surface area contributed by atoms with E-state index in [-0.39, 0.29) is 28.1 Å². The Hall–Kier alpha value is -2.43. The Labute approximate surface area is 183 Å². The van der Waals surface area contributed by atoms with Gasteiger partial charge in [0.25, 0.3) is 5.69 Å². The highest BCUT2D eigenvalue weighted by molar-refractivity contribution is 9.10. The maximum atomic E-state index is 12.3. The van der Waals surface area contributed by atoms with Crippen LogP contribution in [0.4, 0.5) is 11.4 Å². The summed E-state index contributed by atoms with van der Waals surface area (Å²) in [6, 6.07) is 11.6. The fourth-order valence-corrected chi connectivity index (χ4v) is 3.76. The molecule has 1 aromatic heterocycles. The van der Waals surface area contributed by atoms with Crippen LogP contribution in [0.15, 0.2) is 52.1 Å². The molecule has 0 radical (unpaired) electrons. The summed E-state index contributed by atoms with van der Waals surface area (Å²) < 4.78 is 2.89. The number of hydrogen-bond acceptors (Lipinski definition) is 6. The van der Waals surface area contributed by atoms with E-state index in [1.165, 1.54) is 30.0 Å². The number of nitrogens with one attached hydrogen (secondary N) is 1. The average molecular weight is 497 g/mol. The van der Waals surface area contributed by atoms with E-state index in [1.54, 1.807) is 0 Å². The summed E-state index contributed by atoms with van der Waals surface area (Å²) in [5.74, 6) is 0.412. The number of aromatic nitrogens is 3. The summed E-state index contributed by atoms with van der Waals surface area (Å²) in [5.41, 5.74) is 0.962. The third-order valence-corrected chi connectivity index (χ3v) is 5.73. The van der Waals surface area contributed by atoms with Gasteiger partial charge in [0.1, 0.15) is 0 Å². The van der Waals surface area contributed by atoms with E-state index in [9.17, 15) is 14.9 Å². The molecule has 0 spiro atoms. The van der Waals surface area contributed by atoms with Crippen LogP contribution < -0.4 is 5.32 Å². The first kappa shape index (κ1) is 21.3. The maximum Gasteiger partial charge on any atom is 0.271 e. The van der Waals surface area contributed by atoms with Gasteiger partial charge in [-0.05, 0) is 25.1 Å². The first-order valence-corrected chi connectivity index (χ1v) is 10.6. The van der Waals surface area contributed by atoms with E-state index in [4.69, 9.17) is 11.6 Å². The number of amides is 1. The molecule has 0 fully saturated rings. The largest absolute Gasteiger partial charge is 0.324 e. The van der Waals surface area contributed by atoms with Gasteiger partial charge in [0.15, 0.2) is 11.0 Å². The molecule has 3 aromatic rings. The molecule has 0 atom stereocenters. The smallest absolute Gasteiger partial charge is 0.271 e. The zero-order valence-corrected chi connectivity index (χ0v) is 18.3. The third-order valence-electron chi connectivity index (χ3n) is 3.90. The van der Waals surface area contributed by atoms with Crippen molar-refractivity contribution in [3.63, 3.8) is 0 Å². The van der Waals surface area contributed by atoms with Crippen molar-refractivity contribution in [2.24, 2.45) is 0 Å². The summed E-state index contributed by atoms with van der Waals surface area (Å²) in [7, 11) is 0. The Balaban J connectivity index is 1.70. The second-order valence-electron chi connectivity index (χ2n) is 5.82. The van der Waals surface area contributed by atoms with Gasteiger partial charge in [-0.1, -0.05) is 51.4 Å². The van der Waals surface area contributed by atoms with E-state index in [0.29, 0.717) is 17.5 Å². The van der Waals surface area contributed by atoms with Crippen molar-refractivity contribution >= 4 is 56.6 Å². The van der Waals surface area contributed by atoms with Gasteiger partial charge in [-0.15, -0.1) is 10.2 Å². The van der Waals surface area contributed by atoms with Crippen LogP contribution in [-0.4, -0.2) is 31.3 Å². The molecule has 0 aliphatic rings. The van der Waals surface area contributed by atoms with Gasteiger partial charge in [-0.25, -0.2) is 0 Å². The molecule has 150 valence electrons. The number of nitro benzene ring substituents is 1. The number of non-ortho nitro benzene ring substituents is 1. The van der Waals surface area contributed by atoms with Crippen molar-refractivity contribution in [2.45, 2.75) is 18.6 Å². The van der Waals surface area contributed by atoms with Crippen LogP contribution in [-0.2, 0) is 11.3 Å². The van der Waals surface area contributed by atoms with Crippen molar-refractivity contribution in [1.29, 1.82) is 0 Å². The van der Waals surface area contributed by atoms with E-state index in [1.807, 2.05) is 35.8 Å². The molecular formula is C18H15BrClN5O3S. The Bertz CT molecular complexity index is 1060. The SMILES string of the molecule is CCn1c(SCC(=O)Nc2cc([N+](=O)[O-])ccc2Cl)nnc1-c1ccc(Br)cc1. The highest BCUT2D eigenvalue weighted by Gasteiger charge is 2.16. The Kier molecular flexibility index (Phi) is 6.88. The monoisotopic (exact) mass is 495 g/mol. The first-order valence-electron chi connectivity index (χ1n) is 8.44. The minimum Gasteiger partial charge on any atom is -0.324 e. The Morgan fingerprint density at radius 1 is 1.28 bits per heavy atom. The normalized spacial score (nSPS) is 10.7. The van der Waals surface area contributed by atoms with Crippen LogP contribution in [0.3, 0.4) is 0 Å². The lowest BCUT2D eigenvalue weighted by molar-refractivity contribution is -0.384. The van der Waals surface area contributed by atoms with Crippen molar-refractivity contribution in [3.05, 3.63) is 62.1 Å². The van der Waals surface area contributed by atoms with Gasteiger partial charge >= 0.3 is 0 Å². The van der Waals surface area contributed by atoms with Gasteiger partial charge in [0, 0.05) is 28.7 Å². The molecule has 0 bridgehead atoms. The molecule has 0 aliphatic heterocycles. The second-order valence-corrected chi connectivity index (χ2v) is 8.08. The van der Waals surface area contributed by atoms with Gasteiger partial charge in [0.2, 0.25) is 5.91 Å². The topological polar surface area (TPSA) is 103 Å². The van der Waals surface area contributed by atoms with Crippen LogP contribution in [0.25, 0.3) is 11.4 Å². The molecule has 8 nitrogen and oxygen atoms in total. The minimum atomic E-state index is -0.548. The third kappa shape index (κ3) is 5.14. The number of rotatable bonds is 7. The fraction of sp³-hybridized carbons (Fsp3) is 0.167. The van der Waals surface area contributed by atoms with E-state index in [0.717, 1.165) is 10.0 Å². The highest BCUT2D eigenvalue weighted by atomic mass is 79.9. The maximum absolute atomic E-state index is 12.3. The molecule has 29 heavy (non-hydrogen) atoms. The number of thioether (sulfide) groups is 1. The number of nitrogens with zero attached hydrogens (tertiary/aromatic N) is 4. The standard InChI is InChI=1S/C18H15BrClN5O3S/c1-2-24-17(11-3-5-12(19)6-4-11)22-23-18(24)29-10-16(26)21-15-9-13(25(27)28)7-8-14(15)20/h3-9H,2,10H2,1H3,(H,21,26). The Morgan fingerprint density at radius 2 is 2.00 bits per heavy atom. The quantitative estimate of drug-likeness (QED) is 0.280. The number of nitro groups is 1. The van der Waals surface area contributed by atoms with Crippen LogP contribution in [0.1, 0.15) is 6.92 Å². The van der Waals surface area contributed by atoms with Gasteiger partial charge in [-0.3, -0.25) is 14.9 Å². The first-order chi connectivity index (χ1) is 13.9. The van der Waals surface area contributed by atoms with Gasteiger partial charge < -0.3 is 9.88 Å². The van der Waals surface area contributed by atoms with Crippen LogP contribution in [0.5, 0.6) is 0 Å².